The van der Waals surface area contributed by atoms with Gasteiger partial charge in [0, 0.05) is 6.54 Å². The number of amides is 1. The number of carbonyl (C=O) groups is 1. The van der Waals surface area contributed by atoms with Gasteiger partial charge >= 0.3 is 0 Å². The summed E-state index contributed by atoms with van der Waals surface area (Å²) in [5.41, 5.74) is 0.764. The highest BCUT2D eigenvalue weighted by Gasteiger charge is 2.30. The average molecular weight is 346 g/mol. The maximum absolute atomic E-state index is 13.1. The van der Waals surface area contributed by atoms with Crippen LogP contribution in [0.25, 0.3) is 6.08 Å². The average Bonchev–Trinajstić information content (AvgIpc) is 2.59. The van der Waals surface area contributed by atoms with Gasteiger partial charge in [-0.1, -0.05) is 30.0 Å². The normalized spacial score (nSPS) is 17.9. The number of benzene rings is 1. The molecular weight excluding hydrogens is 337 g/mol. The van der Waals surface area contributed by atoms with Crippen LogP contribution in [0.4, 0.5) is 4.39 Å². The molecule has 1 aromatic rings. The summed E-state index contributed by atoms with van der Waals surface area (Å²) in [5, 5.41) is 0. The van der Waals surface area contributed by atoms with Crippen LogP contribution in [0.5, 0.6) is 0 Å². The van der Waals surface area contributed by atoms with Crippen LogP contribution < -0.4 is 0 Å². The number of carbonyl (C=O) groups excluding carboxylic acids is 1. The van der Waals surface area contributed by atoms with Gasteiger partial charge in [0.1, 0.15) is 10.1 Å². The van der Waals surface area contributed by atoms with Gasteiger partial charge in [0.2, 0.25) is 0 Å². The van der Waals surface area contributed by atoms with E-state index >= 15 is 0 Å². The summed E-state index contributed by atoms with van der Waals surface area (Å²) in [5.74, 6) is -0.416. The number of thioether (sulfide) groups is 1. The van der Waals surface area contributed by atoms with Gasteiger partial charge in [0.05, 0.1) is 9.38 Å². The van der Waals surface area contributed by atoms with Gasteiger partial charge in [-0.25, -0.2) is 4.39 Å². The monoisotopic (exact) mass is 345 g/mol. The summed E-state index contributed by atoms with van der Waals surface area (Å²) in [6, 6.07) is 4.61. The number of likely N-dealkylation sites (N-methyl/N-ethyl adjacent to an activating group) is 1. The molecule has 1 saturated heterocycles. The van der Waals surface area contributed by atoms with Crippen molar-refractivity contribution < 1.29 is 9.18 Å². The summed E-state index contributed by atoms with van der Waals surface area (Å²) in [6.45, 7) is 2.44. The Labute approximate surface area is 122 Å². The smallest absolute Gasteiger partial charge is 0.266 e. The van der Waals surface area contributed by atoms with Crippen molar-refractivity contribution in [2.24, 2.45) is 0 Å². The van der Waals surface area contributed by atoms with Crippen LogP contribution in [-0.2, 0) is 4.79 Å². The van der Waals surface area contributed by atoms with Crippen LogP contribution in [0, 0.1) is 5.82 Å². The van der Waals surface area contributed by atoms with E-state index in [2.05, 4.69) is 15.9 Å². The van der Waals surface area contributed by atoms with Crippen LogP contribution >= 0.6 is 39.9 Å². The molecule has 18 heavy (non-hydrogen) atoms. The van der Waals surface area contributed by atoms with E-state index in [1.807, 2.05) is 6.92 Å². The second-order valence-electron chi connectivity index (χ2n) is 3.60. The van der Waals surface area contributed by atoms with Gasteiger partial charge < -0.3 is 0 Å². The van der Waals surface area contributed by atoms with Crippen LogP contribution in [-0.4, -0.2) is 21.7 Å². The zero-order chi connectivity index (χ0) is 13.3. The molecule has 1 aliphatic rings. The third-order valence-corrected chi connectivity index (χ3v) is 4.42. The zero-order valence-electron chi connectivity index (χ0n) is 9.44. The Morgan fingerprint density at radius 1 is 1.56 bits per heavy atom. The molecule has 0 unspecified atom stereocenters. The molecule has 0 N–H and O–H groups in total. The summed E-state index contributed by atoms with van der Waals surface area (Å²) in [4.78, 5) is 14.1. The van der Waals surface area contributed by atoms with Gasteiger partial charge in [0.25, 0.3) is 5.91 Å². The van der Waals surface area contributed by atoms with E-state index in [4.69, 9.17) is 12.2 Å². The predicted molar refractivity (Wildman–Crippen MR) is 79.7 cm³/mol. The first-order valence-corrected chi connectivity index (χ1v) is 7.25. The largest absolute Gasteiger partial charge is 0.293 e. The molecule has 1 heterocycles. The quantitative estimate of drug-likeness (QED) is 0.600. The van der Waals surface area contributed by atoms with Gasteiger partial charge in [-0.2, -0.15) is 0 Å². The van der Waals surface area contributed by atoms with E-state index in [-0.39, 0.29) is 11.7 Å². The maximum Gasteiger partial charge on any atom is 0.266 e. The molecule has 94 valence electrons. The van der Waals surface area contributed by atoms with Crippen molar-refractivity contribution in [1.29, 1.82) is 0 Å². The molecule has 0 spiro atoms. The van der Waals surface area contributed by atoms with Crippen LogP contribution in [0.3, 0.4) is 0 Å². The molecule has 0 aliphatic carbocycles. The van der Waals surface area contributed by atoms with Gasteiger partial charge in [0.15, 0.2) is 0 Å². The lowest BCUT2D eigenvalue weighted by atomic mass is 10.2. The molecule has 1 aromatic carbocycles. The highest BCUT2D eigenvalue weighted by Crippen LogP contribution is 2.32. The number of rotatable bonds is 2. The van der Waals surface area contributed by atoms with Crippen molar-refractivity contribution in [1.82, 2.24) is 4.90 Å². The lowest BCUT2D eigenvalue weighted by Crippen LogP contribution is -2.27. The zero-order valence-corrected chi connectivity index (χ0v) is 12.7. The highest BCUT2D eigenvalue weighted by molar-refractivity contribution is 9.10. The second-order valence-corrected chi connectivity index (χ2v) is 6.13. The van der Waals surface area contributed by atoms with E-state index in [0.29, 0.717) is 20.2 Å². The van der Waals surface area contributed by atoms with Gasteiger partial charge in [-0.15, -0.1) is 0 Å². The lowest BCUT2D eigenvalue weighted by Gasteiger charge is -2.09. The molecule has 0 radical (unpaired) electrons. The second kappa shape index (κ2) is 5.50. The molecule has 6 heteroatoms. The minimum absolute atomic E-state index is 0.0899. The van der Waals surface area contributed by atoms with Crippen molar-refractivity contribution in [3.05, 3.63) is 39.0 Å². The molecular formula is C12H9BrFNOS2. The summed E-state index contributed by atoms with van der Waals surface area (Å²) in [7, 11) is 0. The Morgan fingerprint density at radius 3 is 2.83 bits per heavy atom. The molecule has 1 amide bonds. The van der Waals surface area contributed by atoms with E-state index in [0.717, 1.165) is 5.56 Å². The Balaban J connectivity index is 2.32. The fourth-order valence-electron chi connectivity index (χ4n) is 1.53. The van der Waals surface area contributed by atoms with Crippen LogP contribution in [0.15, 0.2) is 27.6 Å². The minimum atomic E-state index is -0.326. The topological polar surface area (TPSA) is 20.3 Å². The first-order valence-electron chi connectivity index (χ1n) is 5.23. The highest BCUT2D eigenvalue weighted by atomic mass is 79.9. The molecule has 2 rings (SSSR count). The number of halogens is 2. The number of nitrogens with zero attached hydrogens (tertiary/aromatic N) is 1. The molecule has 1 aliphatic heterocycles. The summed E-state index contributed by atoms with van der Waals surface area (Å²) in [6.07, 6.45) is 1.72. The molecule has 0 aromatic heterocycles. The first kappa shape index (κ1) is 13.7. The Hall–Kier alpha value is -0.720. The fraction of sp³-hybridized carbons (Fsp3) is 0.167. The number of hydrogen-bond donors (Lipinski definition) is 0. The summed E-state index contributed by atoms with van der Waals surface area (Å²) < 4.78 is 14.0. The standard InChI is InChI=1S/C12H9BrFNOS2/c1-2-15-11(16)10(18-12(15)17)6-7-3-4-9(14)8(13)5-7/h3-6H,2H2,1H3/b10-6-. The molecule has 2 nitrogen and oxygen atoms in total. The van der Waals surface area contributed by atoms with Crippen LogP contribution in [0.1, 0.15) is 12.5 Å². The van der Waals surface area contributed by atoms with E-state index in [1.54, 1.807) is 23.1 Å². The fourth-order valence-corrected chi connectivity index (χ4v) is 3.31. The van der Waals surface area contributed by atoms with Crippen LogP contribution in [0.2, 0.25) is 0 Å². The van der Waals surface area contributed by atoms with Crippen molar-refractivity contribution in [2.75, 3.05) is 6.54 Å². The van der Waals surface area contributed by atoms with Gasteiger partial charge in [-0.05, 0) is 46.6 Å². The number of thiocarbonyl (C=S) groups is 1. The first-order chi connectivity index (χ1) is 8.52. The minimum Gasteiger partial charge on any atom is -0.293 e. The number of hydrogen-bond acceptors (Lipinski definition) is 3. The van der Waals surface area contributed by atoms with Gasteiger partial charge in [-0.3, -0.25) is 9.69 Å². The van der Waals surface area contributed by atoms with Crippen molar-refractivity contribution >= 4 is 56.2 Å². The molecule has 1 fully saturated rings. The van der Waals surface area contributed by atoms with E-state index in [1.165, 1.54) is 17.8 Å². The van der Waals surface area contributed by atoms with Crippen molar-refractivity contribution in [2.45, 2.75) is 6.92 Å². The molecule has 0 atom stereocenters. The third kappa shape index (κ3) is 2.65. The Bertz CT molecular complexity index is 559. The van der Waals surface area contributed by atoms with Crippen molar-refractivity contribution in [3.63, 3.8) is 0 Å². The molecule has 0 bridgehead atoms. The predicted octanol–water partition coefficient (Wildman–Crippen LogP) is 3.81. The Morgan fingerprint density at radius 2 is 2.28 bits per heavy atom. The Kier molecular flexibility index (Phi) is 4.19. The van der Waals surface area contributed by atoms with E-state index in [9.17, 15) is 9.18 Å². The lowest BCUT2D eigenvalue weighted by molar-refractivity contribution is -0.121. The molecule has 0 saturated carbocycles. The SMILES string of the molecule is CCN1C(=O)/C(=C/c2ccc(F)c(Br)c2)SC1=S. The van der Waals surface area contributed by atoms with Crippen molar-refractivity contribution in [3.8, 4) is 0 Å². The summed E-state index contributed by atoms with van der Waals surface area (Å²) >= 11 is 9.50. The van der Waals surface area contributed by atoms with E-state index < -0.39 is 0 Å². The third-order valence-electron chi connectivity index (χ3n) is 2.43. The maximum atomic E-state index is 13.1.